The third-order valence-electron chi connectivity index (χ3n) is 5.19. The van der Waals surface area contributed by atoms with Gasteiger partial charge >= 0.3 is 0 Å². The molecule has 3 heterocycles. The summed E-state index contributed by atoms with van der Waals surface area (Å²) < 4.78 is 20.5. The minimum Gasteiger partial charge on any atom is -0.380 e. The van der Waals surface area contributed by atoms with Crippen LogP contribution in [0.1, 0.15) is 32.9 Å². The molecule has 5 nitrogen and oxygen atoms in total. The summed E-state index contributed by atoms with van der Waals surface area (Å²) >= 11 is 3.06. The van der Waals surface area contributed by atoms with Crippen LogP contribution in [-0.2, 0) is 24.3 Å². The molecule has 0 unspecified atom stereocenters. The van der Waals surface area contributed by atoms with Gasteiger partial charge in [-0.3, -0.25) is 9.69 Å². The topological polar surface area (TPSA) is 45.7 Å². The molecular formula is C21H24FN3O2S2. The van der Waals surface area contributed by atoms with Crippen molar-refractivity contribution in [1.29, 1.82) is 0 Å². The van der Waals surface area contributed by atoms with Crippen molar-refractivity contribution in [3.05, 3.63) is 50.5 Å². The first-order valence-electron chi connectivity index (χ1n) is 9.74. The van der Waals surface area contributed by atoms with Crippen LogP contribution in [-0.4, -0.2) is 54.0 Å². The number of methoxy groups -OCH3 is 1. The molecule has 3 aromatic rings. The van der Waals surface area contributed by atoms with Crippen LogP contribution in [0.5, 0.6) is 0 Å². The van der Waals surface area contributed by atoms with Gasteiger partial charge in [0.05, 0.1) is 22.2 Å². The summed E-state index contributed by atoms with van der Waals surface area (Å²) in [5.41, 5.74) is 1.77. The fourth-order valence-corrected chi connectivity index (χ4v) is 5.61. The molecular weight excluding hydrogens is 409 g/mol. The Morgan fingerprint density at radius 2 is 2.07 bits per heavy atom. The maximum atomic E-state index is 14.4. The van der Waals surface area contributed by atoms with E-state index in [4.69, 9.17) is 4.74 Å². The molecule has 29 heavy (non-hydrogen) atoms. The maximum absolute atomic E-state index is 14.4. The van der Waals surface area contributed by atoms with Crippen molar-refractivity contribution in [2.75, 3.05) is 33.3 Å². The quantitative estimate of drug-likeness (QED) is 0.586. The number of thiazole rings is 1. The SMILES string of the molecule is CCc1nc(CN2CCN(C(=O)c3sc4cccc(F)c4c3COC)CC2)cs1. The molecule has 1 aliphatic rings. The summed E-state index contributed by atoms with van der Waals surface area (Å²) in [6.07, 6.45) is 0.965. The zero-order chi connectivity index (χ0) is 20.4. The van der Waals surface area contributed by atoms with E-state index in [1.165, 1.54) is 17.4 Å². The Labute approximate surface area is 177 Å². The van der Waals surface area contributed by atoms with Gasteiger partial charge in [0.15, 0.2) is 0 Å². The van der Waals surface area contributed by atoms with E-state index >= 15 is 0 Å². The predicted molar refractivity (Wildman–Crippen MR) is 115 cm³/mol. The van der Waals surface area contributed by atoms with Crippen LogP contribution in [0.3, 0.4) is 0 Å². The van der Waals surface area contributed by atoms with E-state index in [9.17, 15) is 9.18 Å². The van der Waals surface area contributed by atoms with Gasteiger partial charge < -0.3 is 9.64 Å². The molecule has 0 bridgehead atoms. The summed E-state index contributed by atoms with van der Waals surface area (Å²) in [6, 6.07) is 4.97. The van der Waals surface area contributed by atoms with Crippen LogP contribution in [0.15, 0.2) is 23.6 Å². The Morgan fingerprint density at radius 1 is 1.28 bits per heavy atom. The highest BCUT2D eigenvalue weighted by Gasteiger charge is 2.27. The number of fused-ring (bicyclic) bond motifs is 1. The largest absolute Gasteiger partial charge is 0.380 e. The number of carbonyl (C=O) groups excluding carboxylic acids is 1. The number of benzene rings is 1. The third-order valence-corrected chi connectivity index (χ3v) is 7.42. The second-order valence-corrected chi connectivity index (χ2v) is 9.11. The number of nitrogens with zero attached hydrogens (tertiary/aromatic N) is 3. The first-order chi connectivity index (χ1) is 14.1. The van der Waals surface area contributed by atoms with E-state index in [0.717, 1.165) is 41.5 Å². The van der Waals surface area contributed by atoms with Gasteiger partial charge in [0.1, 0.15) is 5.82 Å². The molecule has 0 aliphatic carbocycles. The standard InChI is InChI=1S/C21H24FN3O2S2/c1-3-18-23-14(13-28-18)11-24-7-9-25(10-8-24)21(26)20-15(12-27-2)19-16(22)5-4-6-17(19)29-20/h4-6,13H,3,7-12H2,1-2H3. The van der Waals surface area contributed by atoms with Gasteiger partial charge in [0.25, 0.3) is 5.91 Å². The van der Waals surface area contributed by atoms with E-state index in [-0.39, 0.29) is 18.3 Å². The van der Waals surface area contributed by atoms with Gasteiger partial charge in [-0.15, -0.1) is 22.7 Å². The highest BCUT2D eigenvalue weighted by Crippen LogP contribution is 2.34. The van der Waals surface area contributed by atoms with Crippen LogP contribution in [0.25, 0.3) is 10.1 Å². The average molecular weight is 434 g/mol. The Bertz CT molecular complexity index is 1010. The zero-order valence-corrected chi connectivity index (χ0v) is 18.2. The molecule has 0 radical (unpaired) electrons. The van der Waals surface area contributed by atoms with Gasteiger partial charge in [0, 0.05) is 60.9 Å². The summed E-state index contributed by atoms with van der Waals surface area (Å²) in [4.78, 5) is 22.6. The number of aryl methyl sites for hydroxylation is 1. The lowest BCUT2D eigenvalue weighted by Gasteiger charge is -2.34. The number of hydrogen-bond acceptors (Lipinski definition) is 6. The van der Waals surface area contributed by atoms with Crippen LogP contribution in [0.2, 0.25) is 0 Å². The fraction of sp³-hybridized carbons (Fsp3) is 0.429. The van der Waals surface area contributed by atoms with Crippen molar-refractivity contribution in [2.45, 2.75) is 26.5 Å². The Balaban J connectivity index is 1.47. The highest BCUT2D eigenvalue weighted by atomic mass is 32.1. The molecule has 8 heteroatoms. The number of carbonyl (C=O) groups is 1. The van der Waals surface area contributed by atoms with Crippen molar-refractivity contribution in [3.8, 4) is 0 Å². The van der Waals surface area contributed by atoms with Gasteiger partial charge in [0.2, 0.25) is 0 Å². The number of hydrogen-bond donors (Lipinski definition) is 0. The third kappa shape index (κ3) is 4.21. The predicted octanol–water partition coefficient (Wildman–Crippen LogP) is 4.16. The molecule has 1 aromatic carbocycles. The molecule has 0 spiro atoms. The van der Waals surface area contributed by atoms with Gasteiger partial charge in [-0.1, -0.05) is 13.0 Å². The minimum absolute atomic E-state index is 0.0285. The van der Waals surface area contributed by atoms with Crippen LogP contribution in [0, 0.1) is 5.82 Å². The minimum atomic E-state index is -0.301. The monoisotopic (exact) mass is 433 g/mol. The summed E-state index contributed by atoms with van der Waals surface area (Å²) in [5, 5.41) is 3.80. The van der Waals surface area contributed by atoms with Crippen molar-refractivity contribution >= 4 is 38.7 Å². The average Bonchev–Trinajstić information content (AvgIpc) is 3.34. The van der Waals surface area contributed by atoms with Gasteiger partial charge in [-0.05, 0) is 18.6 Å². The lowest BCUT2D eigenvalue weighted by molar-refractivity contribution is 0.0628. The van der Waals surface area contributed by atoms with Crippen LogP contribution < -0.4 is 0 Å². The molecule has 0 saturated carbocycles. The Morgan fingerprint density at radius 3 is 2.76 bits per heavy atom. The summed E-state index contributed by atoms with van der Waals surface area (Å²) in [7, 11) is 1.57. The first kappa shape index (κ1) is 20.4. The van der Waals surface area contributed by atoms with Crippen molar-refractivity contribution < 1.29 is 13.9 Å². The number of halogens is 1. The molecule has 1 aliphatic heterocycles. The number of amides is 1. The van der Waals surface area contributed by atoms with Crippen molar-refractivity contribution in [1.82, 2.24) is 14.8 Å². The van der Waals surface area contributed by atoms with Crippen molar-refractivity contribution in [3.63, 3.8) is 0 Å². The van der Waals surface area contributed by atoms with E-state index < -0.39 is 0 Å². The van der Waals surface area contributed by atoms with Crippen LogP contribution >= 0.6 is 22.7 Å². The van der Waals surface area contributed by atoms with Gasteiger partial charge in [-0.2, -0.15) is 0 Å². The normalized spacial score (nSPS) is 15.3. The molecule has 154 valence electrons. The smallest absolute Gasteiger partial charge is 0.264 e. The maximum Gasteiger partial charge on any atom is 0.264 e. The van der Waals surface area contributed by atoms with E-state index in [1.54, 1.807) is 24.5 Å². The first-order valence-corrected chi connectivity index (χ1v) is 11.4. The second kappa shape index (κ2) is 8.87. The second-order valence-electron chi connectivity index (χ2n) is 7.11. The van der Waals surface area contributed by atoms with Crippen LogP contribution in [0.4, 0.5) is 4.39 Å². The molecule has 1 fully saturated rings. The number of rotatable bonds is 6. The lowest BCUT2D eigenvalue weighted by Crippen LogP contribution is -2.48. The van der Waals surface area contributed by atoms with E-state index in [1.807, 2.05) is 11.0 Å². The highest BCUT2D eigenvalue weighted by molar-refractivity contribution is 7.21. The summed E-state index contributed by atoms with van der Waals surface area (Å²) in [5.74, 6) is -0.330. The fourth-order valence-electron chi connectivity index (χ4n) is 3.69. The molecule has 0 N–H and O–H groups in total. The molecule has 0 atom stereocenters. The molecule has 4 rings (SSSR count). The van der Waals surface area contributed by atoms with Crippen molar-refractivity contribution in [2.24, 2.45) is 0 Å². The number of thiophene rings is 1. The number of piperazine rings is 1. The van der Waals surface area contributed by atoms with Gasteiger partial charge in [-0.25, -0.2) is 9.37 Å². The number of aromatic nitrogens is 1. The molecule has 1 amide bonds. The zero-order valence-electron chi connectivity index (χ0n) is 16.6. The Kier molecular flexibility index (Phi) is 6.24. The summed E-state index contributed by atoms with van der Waals surface area (Å²) in [6.45, 7) is 6.10. The number of ether oxygens (including phenoxy) is 1. The van der Waals surface area contributed by atoms with E-state index in [2.05, 4.69) is 22.2 Å². The Hall–Kier alpha value is -1.87. The molecule has 1 saturated heterocycles. The lowest BCUT2D eigenvalue weighted by atomic mass is 10.1. The van der Waals surface area contributed by atoms with E-state index in [0.29, 0.717) is 28.9 Å². The molecule has 2 aromatic heterocycles.